The van der Waals surface area contributed by atoms with Crippen molar-refractivity contribution in [1.82, 2.24) is 4.90 Å². The molecule has 3 nitrogen and oxygen atoms in total. The van der Waals surface area contributed by atoms with E-state index in [-0.39, 0.29) is 5.92 Å². The zero-order chi connectivity index (χ0) is 15.4. The number of ether oxygens (including phenoxy) is 1. The maximum absolute atomic E-state index is 12.7. The van der Waals surface area contributed by atoms with Crippen LogP contribution in [0.5, 0.6) is 0 Å². The van der Waals surface area contributed by atoms with Crippen molar-refractivity contribution < 1.29 is 9.53 Å². The van der Waals surface area contributed by atoms with Gasteiger partial charge in [0, 0.05) is 25.6 Å². The van der Waals surface area contributed by atoms with Crippen LogP contribution >= 0.6 is 0 Å². The first kappa shape index (κ1) is 15.4. The van der Waals surface area contributed by atoms with E-state index in [2.05, 4.69) is 42.2 Å². The molecule has 22 heavy (non-hydrogen) atoms. The number of ketones is 1. The van der Waals surface area contributed by atoms with E-state index in [1.807, 2.05) is 0 Å². The highest BCUT2D eigenvalue weighted by atomic mass is 16.5. The topological polar surface area (TPSA) is 29.5 Å². The molecule has 0 aromatic heterocycles. The summed E-state index contributed by atoms with van der Waals surface area (Å²) in [5.41, 5.74) is 3.40. The summed E-state index contributed by atoms with van der Waals surface area (Å²) in [4.78, 5) is 15.1. The Morgan fingerprint density at radius 3 is 2.68 bits per heavy atom. The van der Waals surface area contributed by atoms with Crippen LogP contribution in [-0.2, 0) is 9.53 Å². The molecule has 1 aliphatic heterocycles. The molecule has 1 aromatic rings. The highest BCUT2D eigenvalue weighted by Gasteiger charge is 2.28. The van der Waals surface area contributed by atoms with Crippen molar-refractivity contribution in [1.29, 1.82) is 0 Å². The molecule has 3 rings (SSSR count). The molecule has 1 atom stereocenters. The second-order valence-corrected chi connectivity index (χ2v) is 6.45. The molecule has 1 aliphatic carbocycles. The van der Waals surface area contributed by atoms with Crippen molar-refractivity contribution >= 4 is 11.9 Å². The summed E-state index contributed by atoms with van der Waals surface area (Å²) in [7, 11) is 0. The molecule has 0 radical (unpaired) electrons. The predicted octanol–water partition coefficient (Wildman–Crippen LogP) is 3.08. The van der Waals surface area contributed by atoms with E-state index in [4.69, 9.17) is 4.74 Å². The lowest BCUT2D eigenvalue weighted by atomic mass is 9.83. The van der Waals surface area contributed by atoms with Gasteiger partial charge in [-0.15, -0.1) is 0 Å². The van der Waals surface area contributed by atoms with Gasteiger partial charge >= 0.3 is 0 Å². The molecular formula is C19H25NO2. The van der Waals surface area contributed by atoms with Gasteiger partial charge in [-0.05, 0) is 43.4 Å². The van der Waals surface area contributed by atoms with Gasteiger partial charge in [0.1, 0.15) is 0 Å². The fraction of sp³-hybridized carbons (Fsp3) is 0.526. The Labute approximate surface area is 133 Å². The number of morpholine rings is 1. The van der Waals surface area contributed by atoms with Crippen LogP contribution in [0.25, 0.3) is 6.08 Å². The van der Waals surface area contributed by atoms with Gasteiger partial charge in [0.15, 0.2) is 5.78 Å². The number of carbonyl (C=O) groups excluding carboxylic acids is 1. The van der Waals surface area contributed by atoms with E-state index in [0.29, 0.717) is 5.78 Å². The van der Waals surface area contributed by atoms with Crippen LogP contribution in [0, 0.1) is 12.8 Å². The molecule has 1 saturated heterocycles. The maximum atomic E-state index is 12.7. The van der Waals surface area contributed by atoms with Crippen LogP contribution < -0.4 is 0 Å². The van der Waals surface area contributed by atoms with Crippen molar-refractivity contribution in [3.05, 3.63) is 41.0 Å². The second kappa shape index (κ2) is 7.21. The van der Waals surface area contributed by atoms with Crippen molar-refractivity contribution in [2.24, 2.45) is 5.92 Å². The van der Waals surface area contributed by atoms with E-state index in [1.54, 1.807) is 0 Å². The second-order valence-electron chi connectivity index (χ2n) is 6.45. The summed E-state index contributed by atoms with van der Waals surface area (Å²) in [6.45, 7) is 6.50. The van der Waals surface area contributed by atoms with E-state index in [0.717, 1.165) is 63.2 Å². The minimum absolute atomic E-state index is 0.170. The van der Waals surface area contributed by atoms with Gasteiger partial charge in [0.25, 0.3) is 0 Å². The molecule has 118 valence electrons. The third-order valence-corrected chi connectivity index (χ3v) is 4.69. The minimum atomic E-state index is 0.170. The number of Topliss-reactive ketones (excluding diaryl/α,β-unsaturated/α-hetero) is 1. The van der Waals surface area contributed by atoms with Gasteiger partial charge in [0.2, 0.25) is 0 Å². The van der Waals surface area contributed by atoms with Gasteiger partial charge in [-0.3, -0.25) is 9.69 Å². The van der Waals surface area contributed by atoms with Crippen LogP contribution in [0.4, 0.5) is 0 Å². The number of carbonyl (C=O) groups is 1. The summed E-state index contributed by atoms with van der Waals surface area (Å²) in [5.74, 6) is 0.530. The largest absolute Gasteiger partial charge is 0.379 e. The zero-order valence-corrected chi connectivity index (χ0v) is 13.4. The molecular weight excluding hydrogens is 274 g/mol. The van der Waals surface area contributed by atoms with Gasteiger partial charge in [-0.1, -0.05) is 29.8 Å². The van der Waals surface area contributed by atoms with Crippen molar-refractivity contribution in [2.75, 3.05) is 32.8 Å². The number of rotatable bonds is 3. The van der Waals surface area contributed by atoms with Crippen LogP contribution in [-0.4, -0.2) is 43.5 Å². The van der Waals surface area contributed by atoms with Crippen LogP contribution in [0.2, 0.25) is 0 Å². The molecule has 0 amide bonds. The SMILES string of the molecule is Cc1ccc(/C=C2\CCCC(CN3CCOCC3)C2=O)cc1. The van der Waals surface area contributed by atoms with Crippen molar-refractivity contribution in [3.8, 4) is 0 Å². The average molecular weight is 299 g/mol. The van der Waals surface area contributed by atoms with E-state index in [1.165, 1.54) is 5.56 Å². The molecule has 1 heterocycles. The van der Waals surface area contributed by atoms with Gasteiger partial charge < -0.3 is 4.74 Å². The summed E-state index contributed by atoms with van der Waals surface area (Å²) in [6, 6.07) is 8.40. The number of hydrogen-bond acceptors (Lipinski definition) is 3. The molecule has 2 fully saturated rings. The monoisotopic (exact) mass is 299 g/mol. The lowest BCUT2D eigenvalue weighted by Crippen LogP contribution is -2.42. The lowest BCUT2D eigenvalue weighted by molar-refractivity contribution is -0.121. The Morgan fingerprint density at radius 2 is 1.95 bits per heavy atom. The fourth-order valence-corrected chi connectivity index (χ4v) is 3.33. The van der Waals surface area contributed by atoms with E-state index < -0.39 is 0 Å². The fourth-order valence-electron chi connectivity index (χ4n) is 3.33. The maximum Gasteiger partial charge on any atom is 0.163 e. The van der Waals surface area contributed by atoms with E-state index >= 15 is 0 Å². The molecule has 0 spiro atoms. The molecule has 1 aromatic carbocycles. The third-order valence-electron chi connectivity index (χ3n) is 4.69. The Bertz CT molecular complexity index is 541. The molecule has 2 aliphatic rings. The van der Waals surface area contributed by atoms with Crippen molar-refractivity contribution in [2.45, 2.75) is 26.2 Å². The highest BCUT2D eigenvalue weighted by Crippen LogP contribution is 2.28. The summed E-state index contributed by atoms with van der Waals surface area (Å²) in [5, 5.41) is 0. The predicted molar refractivity (Wildman–Crippen MR) is 88.8 cm³/mol. The van der Waals surface area contributed by atoms with Crippen LogP contribution in [0.15, 0.2) is 29.8 Å². The number of benzene rings is 1. The quantitative estimate of drug-likeness (QED) is 0.803. The van der Waals surface area contributed by atoms with Gasteiger partial charge in [-0.2, -0.15) is 0 Å². The first-order valence-electron chi connectivity index (χ1n) is 8.34. The third kappa shape index (κ3) is 3.84. The van der Waals surface area contributed by atoms with Crippen molar-refractivity contribution in [3.63, 3.8) is 0 Å². The lowest BCUT2D eigenvalue weighted by Gasteiger charge is -2.32. The molecule has 0 bridgehead atoms. The Kier molecular flexibility index (Phi) is 5.06. The minimum Gasteiger partial charge on any atom is -0.379 e. The standard InChI is InChI=1S/C19H25NO2/c1-15-5-7-16(8-6-15)13-17-3-2-4-18(19(17)21)14-20-9-11-22-12-10-20/h5-8,13,18H,2-4,9-12,14H2,1H3/b17-13+. The van der Waals surface area contributed by atoms with Gasteiger partial charge in [-0.25, -0.2) is 0 Å². The summed E-state index contributed by atoms with van der Waals surface area (Å²) >= 11 is 0. The normalized spacial score (nSPS) is 25.6. The number of nitrogens with zero attached hydrogens (tertiary/aromatic N) is 1. The Morgan fingerprint density at radius 1 is 1.23 bits per heavy atom. The first-order valence-corrected chi connectivity index (χ1v) is 8.34. The number of aryl methyl sites for hydroxylation is 1. The summed E-state index contributed by atoms with van der Waals surface area (Å²) < 4.78 is 5.39. The molecule has 1 saturated carbocycles. The molecule has 3 heteroatoms. The molecule has 1 unspecified atom stereocenters. The number of allylic oxidation sites excluding steroid dienone is 1. The number of hydrogen-bond donors (Lipinski definition) is 0. The Balaban J connectivity index is 1.67. The Hall–Kier alpha value is -1.45. The zero-order valence-electron chi connectivity index (χ0n) is 13.4. The first-order chi connectivity index (χ1) is 10.7. The molecule has 0 N–H and O–H groups in total. The van der Waals surface area contributed by atoms with Crippen LogP contribution in [0.1, 0.15) is 30.4 Å². The highest BCUT2D eigenvalue weighted by molar-refractivity contribution is 6.01. The summed E-state index contributed by atoms with van der Waals surface area (Å²) in [6.07, 6.45) is 5.17. The average Bonchev–Trinajstić information content (AvgIpc) is 2.54. The smallest absolute Gasteiger partial charge is 0.163 e. The van der Waals surface area contributed by atoms with Crippen LogP contribution in [0.3, 0.4) is 0 Å². The van der Waals surface area contributed by atoms with E-state index in [9.17, 15) is 4.79 Å². The van der Waals surface area contributed by atoms with Gasteiger partial charge in [0.05, 0.1) is 13.2 Å².